The van der Waals surface area contributed by atoms with Gasteiger partial charge in [-0.3, -0.25) is 0 Å². The van der Waals surface area contributed by atoms with Crippen molar-refractivity contribution in [1.29, 1.82) is 5.41 Å². The maximum absolute atomic E-state index is 7.64. The number of allylic oxidation sites excluding steroid dienone is 8. The van der Waals surface area contributed by atoms with E-state index in [1.807, 2.05) is 0 Å². The van der Waals surface area contributed by atoms with Crippen LogP contribution in [0.4, 0.5) is 0 Å². The van der Waals surface area contributed by atoms with E-state index in [0.29, 0.717) is 5.92 Å². The van der Waals surface area contributed by atoms with Gasteiger partial charge in [0.25, 0.3) is 0 Å². The summed E-state index contributed by atoms with van der Waals surface area (Å²) in [7, 11) is 0. The minimum absolute atomic E-state index is 0.470. The Labute approximate surface area is 105 Å². The molecule has 92 valence electrons. The van der Waals surface area contributed by atoms with Crippen molar-refractivity contribution in [2.24, 2.45) is 5.92 Å². The molecule has 1 aliphatic carbocycles. The predicted molar refractivity (Wildman–Crippen MR) is 76.5 cm³/mol. The van der Waals surface area contributed by atoms with Gasteiger partial charge in [-0.05, 0) is 49.8 Å². The fraction of sp³-hybridized carbons (Fsp3) is 0.438. The molecule has 0 spiro atoms. The molecular weight excluding hydrogens is 206 g/mol. The van der Waals surface area contributed by atoms with E-state index in [1.54, 1.807) is 0 Å². The third kappa shape index (κ3) is 3.29. The van der Waals surface area contributed by atoms with Crippen LogP contribution in [-0.4, -0.2) is 6.21 Å². The third-order valence-corrected chi connectivity index (χ3v) is 3.26. The Kier molecular flexibility index (Phi) is 4.68. The van der Waals surface area contributed by atoms with Crippen LogP contribution >= 0.6 is 0 Å². The van der Waals surface area contributed by atoms with Gasteiger partial charge in [-0.1, -0.05) is 43.2 Å². The van der Waals surface area contributed by atoms with E-state index in [2.05, 4.69) is 52.8 Å². The second-order valence-corrected chi connectivity index (χ2v) is 4.87. The van der Waals surface area contributed by atoms with Crippen molar-refractivity contribution in [2.75, 3.05) is 0 Å². The van der Waals surface area contributed by atoms with E-state index in [4.69, 9.17) is 5.41 Å². The van der Waals surface area contributed by atoms with Crippen LogP contribution in [0.25, 0.3) is 0 Å². The van der Waals surface area contributed by atoms with Gasteiger partial charge in [-0.25, -0.2) is 0 Å². The highest BCUT2D eigenvalue weighted by Gasteiger charge is 2.11. The first-order chi connectivity index (χ1) is 7.99. The Balaban J connectivity index is 3.33. The molecule has 0 amide bonds. The molecule has 0 aromatic heterocycles. The SMILES string of the molecule is CC/C(C)=C(\C=N)C1=CC(C)=CC(C)C=C1C. The number of rotatable bonds is 3. The number of nitrogens with one attached hydrogen (secondary N) is 1. The molecule has 1 rings (SSSR count). The molecule has 0 radical (unpaired) electrons. The largest absolute Gasteiger partial charge is 0.308 e. The molecular formula is C16H23N. The van der Waals surface area contributed by atoms with Crippen LogP contribution in [0.3, 0.4) is 0 Å². The third-order valence-electron chi connectivity index (χ3n) is 3.26. The highest BCUT2D eigenvalue weighted by molar-refractivity contribution is 5.86. The molecule has 0 aliphatic heterocycles. The van der Waals surface area contributed by atoms with Crippen molar-refractivity contribution < 1.29 is 0 Å². The maximum atomic E-state index is 7.64. The second kappa shape index (κ2) is 5.81. The molecule has 0 aromatic carbocycles. The van der Waals surface area contributed by atoms with Crippen molar-refractivity contribution in [3.63, 3.8) is 0 Å². The first kappa shape index (κ1) is 13.7. The Morgan fingerprint density at radius 1 is 1.35 bits per heavy atom. The molecule has 1 unspecified atom stereocenters. The molecule has 1 nitrogen and oxygen atoms in total. The zero-order chi connectivity index (χ0) is 13.0. The Morgan fingerprint density at radius 2 is 2.00 bits per heavy atom. The Hall–Kier alpha value is -1.37. The summed E-state index contributed by atoms with van der Waals surface area (Å²) in [5.74, 6) is 0.470. The summed E-state index contributed by atoms with van der Waals surface area (Å²) in [6.45, 7) is 10.7. The van der Waals surface area contributed by atoms with E-state index in [-0.39, 0.29) is 0 Å². The van der Waals surface area contributed by atoms with Crippen LogP contribution in [0.1, 0.15) is 41.0 Å². The normalized spacial score (nSPS) is 21.9. The summed E-state index contributed by atoms with van der Waals surface area (Å²) in [5, 5.41) is 7.64. The summed E-state index contributed by atoms with van der Waals surface area (Å²) in [6.07, 6.45) is 9.22. The van der Waals surface area contributed by atoms with Gasteiger partial charge in [0.15, 0.2) is 0 Å². The van der Waals surface area contributed by atoms with Gasteiger partial charge in [0.2, 0.25) is 0 Å². The highest BCUT2D eigenvalue weighted by atomic mass is 14.3. The topological polar surface area (TPSA) is 23.9 Å². The second-order valence-electron chi connectivity index (χ2n) is 4.87. The molecule has 0 bridgehead atoms. The van der Waals surface area contributed by atoms with Crippen molar-refractivity contribution in [2.45, 2.75) is 41.0 Å². The van der Waals surface area contributed by atoms with Crippen molar-refractivity contribution >= 4 is 6.21 Å². The molecule has 17 heavy (non-hydrogen) atoms. The van der Waals surface area contributed by atoms with E-state index >= 15 is 0 Å². The average molecular weight is 229 g/mol. The first-order valence-electron chi connectivity index (χ1n) is 6.29. The predicted octanol–water partition coefficient (Wildman–Crippen LogP) is 4.83. The number of hydrogen-bond acceptors (Lipinski definition) is 1. The van der Waals surface area contributed by atoms with Crippen LogP contribution < -0.4 is 0 Å². The fourth-order valence-corrected chi connectivity index (χ4v) is 2.25. The molecule has 1 N–H and O–H groups in total. The van der Waals surface area contributed by atoms with Crippen LogP contribution in [0.5, 0.6) is 0 Å². The molecule has 0 aromatic rings. The zero-order valence-corrected chi connectivity index (χ0v) is 11.6. The maximum Gasteiger partial charge on any atom is 0.0255 e. The van der Waals surface area contributed by atoms with E-state index in [1.165, 1.54) is 28.5 Å². The lowest BCUT2D eigenvalue weighted by Crippen LogP contribution is -1.97. The number of hydrogen-bond donors (Lipinski definition) is 1. The lowest BCUT2D eigenvalue weighted by Gasteiger charge is -2.12. The smallest absolute Gasteiger partial charge is 0.0255 e. The van der Waals surface area contributed by atoms with E-state index < -0.39 is 0 Å². The van der Waals surface area contributed by atoms with Crippen molar-refractivity contribution in [1.82, 2.24) is 0 Å². The van der Waals surface area contributed by atoms with Gasteiger partial charge in [-0.2, -0.15) is 0 Å². The molecule has 0 heterocycles. The molecule has 1 atom stereocenters. The summed E-state index contributed by atoms with van der Waals surface area (Å²) < 4.78 is 0. The highest BCUT2D eigenvalue weighted by Crippen LogP contribution is 2.28. The summed E-state index contributed by atoms with van der Waals surface area (Å²) in [6, 6.07) is 0. The molecule has 0 fully saturated rings. The van der Waals surface area contributed by atoms with Gasteiger partial charge in [0.05, 0.1) is 0 Å². The van der Waals surface area contributed by atoms with Crippen molar-refractivity contribution in [3.05, 3.63) is 46.1 Å². The summed E-state index contributed by atoms with van der Waals surface area (Å²) in [5.41, 5.74) is 6.11. The minimum Gasteiger partial charge on any atom is -0.308 e. The van der Waals surface area contributed by atoms with E-state index in [9.17, 15) is 0 Å². The quantitative estimate of drug-likeness (QED) is 0.670. The van der Waals surface area contributed by atoms with Crippen LogP contribution in [0.2, 0.25) is 0 Å². The minimum atomic E-state index is 0.470. The lowest BCUT2D eigenvalue weighted by atomic mass is 9.93. The first-order valence-corrected chi connectivity index (χ1v) is 6.29. The van der Waals surface area contributed by atoms with Gasteiger partial charge in [0, 0.05) is 6.21 Å². The van der Waals surface area contributed by atoms with Crippen LogP contribution in [0, 0.1) is 11.3 Å². The molecule has 1 heteroatoms. The van der Waals surface area contributed by atoms with Gasteiger partial charge >= 0.3 is 0 Å². The molecule has 0 saturated carbocycles. The van der Waals surface area contributed by atoms with Crippen LogP contribution in [-0.2, 0) is 0 Å². The summed E-state index contributed by atoms with van der Waals surface area (Å²) >= 11 is 0. The van der Waals surface area contributed by atoms with Crippen molar-refractivity contribution in [3.8, 4) is 0 Å². The Morgan fingerprint density at radius 3 is 2.53 bits per heavy atom. The fourth-order valence-electron chi connectivity index (χ4n) is 2.25. The zero-order valence-electron chi connectivity index (χ0n) is 11.6. The summed E-state index contributed by atoms with van der Waals surface area (Å²) in [4.78, 5) is 0. The van der Waals surface area contributed by atoms with Gasteiger partial charge in [0.1, 0.15) is 0 Å². The average Bonchev–Trinajstić information content (AvgIpc) is 2.38. The van der Waals surface area contributed by atoms with Crippen LogP contribution in [0.15, 0.2) is 46.1 Å². The molecule has 1 aliphatic rings. The standard InChI is InChI=1S/C16H23N/c1-6-13(4)16(10-17)15-9-12(3)7-11(2)8-14(15)5/h7-11,17H,6H2,1-5H3/b16-13+,17-10?. The van der Waals surface area contributed by atoms with Gasteiger partial charge in [-0.15, -0.1) is 0 Å². The lowest BCUT2D eigenvalue weighted by molar-refractivity contribution is 0.924. The van der Waals surface area contributed by atoms with E-state index in [0.717, 1.165) is 12.0 Å². The monoisotopic (exact) mass is 229 g/mol. The van der Waals surface area contributed by atoms with Gasteiger partial charge < -0.3 is 5.41 Å². The Bertz CT molecular complexity index is 430. The molecule has 0 saturated heterocycles.